The molecule has 0 aromatic heterocycles. The third-order valence-corrected chi connectivity index (χ3v) is 4.52. The first kappa shape index (κ1) is 13.0. The van der Waals surface area contributed by atoms with Gasteiger partial charge < -0.3 is 14.8 Å². The van der Waals surface area contributed by atoms with Crippen LogP contribution in [-0.2, 0) is 4.79 Å². The Kier molecular flexibility index (Phi) is 4.57. The summed E-state index contributed by atoms with van der Waals surface area (Å²) in [4.78, 5) is 13.9. The van der Waals surface area contributed by atoms with Gasteiger partial charge >= 0.3 is 0 Å². The minimum atomic E-state index is -0.0825. The average Bonchev–Trinajstić information content (AvgIpc) is 2.67. The molecule has 0 bridgehead atoms. The number of likely N-dealkylation sites (tertiary alicyclic amines) is 1. The molecule has 3 heteroatoms. The molecule has 3 nitrogen and oxygen atoms in total. The first-order valence-corrected chi connectivity index (χ1v) is 7.07. The van der Waals surface area contributed by atoms with Crippen LogP contribution in [0.15, 0.2) is 0 Å². The van der Waals surface area contributed by atoms with Gasteiger partial charge in [-0.05, 0) is 31.7 Å². The average molecular weight is 239 g/mol. The molecule has 2 aliphatic rings. The van der Waals surface area contributed by atoms with Crippen LogP contribution in [0.25, 0.3) is 0 Å². The van der Waals surface area contributed by atoms with Gasteiger partial charge in [0.05, 0.1) is 0 Å². The second-order valence-electron chi connectivity index (χ2n) is 5.97. The van der Waals surface area contributed by atoms with Crippen molar-refractivity contribution in [1.82, 2.24) is 4.90 Å². The molecule has 1 heterocycles. The van der Waals surface area contributed by atoms with E-state index in [1.165, 1.54) is 32.0 Å². The summed E-state index contributed by atoms with van der Waals surface area (Å²) in [7, 11) is 0. The van der Waals surface area contributed by atoms with Crippen molar-refractivity contribution in [2.75, 3.05) is 26.2 Å². The van der Waals surface area contributed by atoms with Gasteiger partial charge in [0.2, 0.25) is 0 Å². The molecule has 0 radical (unpaired) electrons. The van der Waals surface area contributed by atoms with Crippen LogP contribution in [0.3, 0.4) is 0 Å². The molecule has 0 spiro atoms. The van der Waals surface area contributed by atoms with Crippen molar-refractivity contribution in [2.45, 2.75) is 44.9 Å². The van der Waals surface area contributed by atoms with Gasteiger partial charge in [0.25, 0.3) is 0 Å². The zero-order valence-electron chi connectivity index (χ0n) is 10.7. The summed E-state index contributed by atoms with van der Waals surface area (Å²) in [5.74, 6) is 0.435. The van der Waals surface area contributed by atoms with E-state index in [4.69, 9.17) is 5.11 Å². The van der Waals surface area contributed by atoms with Crippen molar-refractivity contribution in [3.05, 3.63) is 0 Å². The van der Waals surface area contributed by atoms with Gasteiger partial charge in [-0.1, -0.05) is 25.7 Å². The van der Waals surface area contributed by atoms with E-state index >= 15 is 0 Å². The highest BCUT2D eigenvalue weighted by atomic mass is 16.3. The summed E-state index contributed by atoms with van der Waals surface area (Å²) in [6, 6.07) is 0. The smallest absolute Gasteiger partial charge is 0.127 e. The number of hydrogen-bond acceptors (Lipinski definition) is 3. The third-order valence-electron chi connectivity index (χ3n) is 4.52. The quantitative estimate of drug-likeness (QED) is 0.601. The Morgan fingerprint density at radius 2 is 1.94 bits per heavy atom. The van der Waals surface area contributed by atoms with Gasteiger partial charge in [0.1, 0.15) is 6.29 Å². The van der Waals surface area contributed by atoms with E-state index in [-0.39, 0.29) is 5.41 Å². The van der Waals surface area contributed by atoms with Gasteiger partial charge in [-0.3, -0.25) is 0 Å². The normalized spacial score (nSPS) is 30.1. The van der Waals surface area contributed by atoms with Crippen LogP contribution >= 0.6 is 0 Å². The van der Waals surface area contributed by atoms with Crippen molar-refractivity contribution in [1.29, 1.82) is 0 Å². The van der Waals surface area contributed by atoms with Gasteiger partial charge in [-0.15, -0.1) is 0 Å². The minimum Gasteiger partial charge on any atom is -0.396 e. The van der Waals surface area contributed by atoms with Gasteiger partial charge in [0, 0.05) is 25.1 Å². The first-order valence-electron chi connectivity index (χ1n) is 7.07. The number of nitrogens with zero attached hydrogens (tertiary/aromatic N) is 1. The second-order valence-corrected chi connectivity index (χ2v) is 5.97. The Morgan fingerprint density at radius 1 is 1.24 bits per heavy atom. The van der Waals surface area contributed by atoms with E-state index in [1.807, 2.05) is 0 Å². The lowest BCUT2D eigenvalue weighted by Crippen LogP contribution is -2.37. The van der Waals surface area contributed by atoms with E-state index in [2.05, 4.69) is 4.90 Å². The van der Waals surface area contributed by atoms with Crippen molar-refractivity contribution in [3.8, 4) is 0 Å². The van der Waals surface area contributed by atoms with Crippen LogP contribution in [0, 0.1) is 11.3 Å². The first-order chi connectivity index (χ1) is 8.28. The lowest BCUT2D eigenvalue weighted by Gasteiger charge is -2.31. The predicted octanol–water partition coefficient (Wildman–Crippen LogP) is 1.84. The van der Waals surface area contributed by atoms with Crippen molar-refractivity contribution in [3.63, 3.8) is 0 Å². The lowest BCUT2D eigenvalue weighted by atomic mass is 9.81. The molecule has 1 N–H and O–H groups in total. The number of hydrogen-bond donors (Lipinski definition) is 1. The molecule has 1 atom stereocenters. The molecule has 2 fully saturated rings. The van der Waals surface area contributed by atoms with Gasteiger partial charge in [-0.25, -0.2) is 0 Å². The molecule has 1 saturated carbocycles. The number of carbonyl (C=O) groups is 1. The summed E-state index contributed by atoms with van der Waals surface area (Å²) >= 11 is 0. The molecule has 0 amide bonds. The van der Waals surface area contributed by atoms with Crippen molar-refractivity contribution < 1.29 is 9.90 Å². The molecule has 98 valence electrons. The SMILES string of the molecule is O=CC1(CN2CCC(CO)C2)CCCCCC1. The van der Waals surface area contributed by atoms with E-state index in [0.717, 1.165) is 38.9 Å². The number of carbonyl (C=O) groups excluding carboxylic acids is 1. The summed E-state index contributed by atoms with van der Waals surface area (Å²) in [6.45, 7) is 3.25. The summed E-state index contributed by atoms with van der Waals surface area (Å²) in [5, 5.41) is 9.16. The van der Waals surface area contributed by atoms with Crippen molar-refractivity contribution >= 4 is 6.29 Å². The van der Waals surface area contributed by atoms with E-state index < -0.39 is 0 Å². The molecule has 1 saturated heterocycles. The molecule has 0 aromatic carbocycles. The molecule has 1 aliphatic heterocycles. The highest BCUT2D eigenvalue weighted by molar-refractivity contribution is 5.59. The lowest BCUT2D eigenvalue weighted by molar-refractivity contribution is -0.118. The van der Waals surface area contributed by atoms with Crippen LogP contribution in [0.4, 0.5) is 0 Å². The largest absolute Gasteiger partial charge is 0.396 e. The zero-order chi connectivity index (χ0) is 12.1. The number of rotatable bonds is 4. The maximum Gasteiger partial charge on any atom is 0.127 e. The maximum atomic E-state index is 11.5. The number of aldehydes is 1. The molecular weight excluding hydrogens is 214 g/mol. The predicted molar refractivity (Wildman–Crippen MR) is 67.8 cm³/mol. The molecule has 0 aromatic rings. The fraction of sp³-hybridized carbons (Fsp3) is 0.929. The fourth-order valence-electron chi connectivity index (χ4n) is 3.40. The van der Waals surface area contributed by atoms with Crippen LogP contribution in [0.1, 0.15) is 44.9 Å². The highest BCUT2D eigenvalue weighted by Crippen LogP contribution is 2.35. The third kappa shape index (κ3) is 3.29. The monoisotopic (exact) mass is 239 g/mol. The Balaban J connectivity index is 1.92. The topological polar surface area (TPSA) is 40.5 Å². The maximum absolute atomic E-state index is 11.5. The van der Waals surface area contributed by atoms with Gasteiger partial charge in [-0.2, -0.15) is 0 Å². The minimum absolute atomic E-state index is 0.0825. The van der Waals surface area contributed by atoms with Crippen LogP contribution < -0.4 is 0 Å². The Morgan fingerprint density at radius 3 is 2.47 bits per heavy atom. The van der Waals surface area contributed by atoms with Gasteiger partial charge in [0.15, 0.2) is 0 Å². The van der Waals surface area contributed by atoms with Crippen molar-refractivity contribution in [2.24, 2.45) is 11.3 Å². The Hall–Kier alpha value is -0.410. The number of aliphatic hydroxyl groups excluding tert-OH is 1. The molecule has 1 aliphatic carbocycles. The van der Waals surface area contributed by atoms with E-state index in [1.54, 1.807) is 0 Å². The van der Waals surface area contributed by atoms with E-state index in [9.17, 15) is 4.79 Å². The van der Waals surface area contributed by atoms with E-state index in [0.29, 0.717) is 12.5 Å². The van der Waals surface area contributed by atoms with Crippen LogP contribution in [0.2, 0.25) is 0 Å². The second kappa shape index (κ2) is 5.96. The Labute approximate surface area is 104 Å². The molecule has 2 rings (SSSR count). The van der Waals surface area contributed by atoms with Crippen LogP contribution in [-0.4, -0.2) is 42.5 Å². The Bertz CT molecular complexity index is 247. The summed E-state index contributed by atoms with van der Waals surface area (Å²) in [6.07, 6.45) is 9.43. The standard InChI is InChI=1S/C14H25NO2/c16-10-13-5-8-15(9-13)11-14(12-17)6-3-1-2-4-7-14/h12-13,16H,1-11H2. The molecule has 1 unspecified atom stereocenters. The highest BCUT2D eigenvalue weighted by Gasteiger charge is 2.34. The van der Waals surface area contributed by atoms with Crippen LogP contribution in [0.5, 0.6) is 0 Å². The molecule has 17 heavy (non-hydrogen) atoms. The number of aliphatic hydroxyl groups is 1. The fourth-order valence-corrected chi connectivity index (χ4v) is 3.40. The summed E-state index contributed by atoms with van der Waals surface area (Å²) in [5.41, 5.74) is -0.0825. The summed E-state index contributed by atoms with van der Waals surface area (Å²) < 4.78 is 0. The molecular formula is C14H25NO2. The zero-order valence-corrected chi connectivity index (χ0v) is 10.7.